The molecule has 0 spiro atoms. The molecule has 0 aromatic heterocycles. The van der Waals surface area contributed by atoms with E-state index < -0.39 is 17.0 Å². The van der Waals surface area contributed by atoms with Gasteiger partial charge in [-0.2, -0.15) is 5.11 Å². The van der Waals surface area contributed by atoms with Gasteiger partial charge in [-0.25, -0.2) is 4.39 Å². The molecule has 3 aromatic carbocycles. The predicted octanol–water partition coefficient (Wildman–Crippen LogP) is 6.84. The summed E-state index contributed by atoms with van der Waals surface area (Å²) < 4.78 is 13.1. The maximum Gasteiger partial charge on any atom is 0.293 e. The van der Waals surface area contributed by atoms with Crippen LogP contribution in [-0.4, -0.2) is 21.2 Å². The highest BCUT2D eigenvalue weighted by Gasteiger charge is 2.35. The van der Waals surface area contributed by atoms with Crippen molar-refractivity contribution in [3.05, 3.63) is 93.6 Å². The maximum absolute atomic E-state index is 13.1. The van der Waals surface area contributed by atoms with E-state index in [1.54, 1.807) is 36.4 Å². The molecule has 3 aromatic rings. The molecule has 160 valence electrons. The molecule has 0 radical (unpaired) electrons. The summed E-state index contributed by atoms with van der Waals surface area (Å²) in [5.41, 5.74) is 1.86. The van der Waals surface area contributed by atoms with Crippen LogP contribution in [0, 0.1) is 5.82 Å². The van der Waals surface area contributed by atoms with E-state index in [2.05, 4.69) is 10.2 Å². The van der Waals surface area contributed by atoms with Crippen molar-refractivity contribution >= 4 is 52.0 Å². The van der Waals surface area contributed by atoms with E-state index in [0.29, 0.717) is 27.5 Å². The Labute approximate surface area is 192 Å². The minimum atomic E-state index is -0.494. The highest BCUT2D eigenvalue weighted by molar-refractivity contribution is 8.18. The Morgan fingerprint density at radius 3 is 2.53 bits per heavy atom. The third-order valence-corrected chi connectivity index (χ3v) is 5.78. The Kier molecular flexibility index (Phi) is 6.34. The first kappa shape index (κ1) is 21.7. The SMILES string of the molecule is O=C1S/C(=C\c2cc(N=Nc3ccccc3Cl)ccc2O)C(=O)N1Cc1ccc(F)cc1. The number of azo groups is 1. The second-order valence-electron chi connectivity index (χ2n) is 6.79. The third-order valence-electron chi connectivity index (χ3n) is 4.55. The van der Waals surface area contributed by atoms with E-state index in [4.69, 9.17) is 11.6 Å². The quantitative estimate of drug-likeness (QED) is 0.329. The molecular formula is C23H15ClFN3O3S. The van der Waals surface area contributed by atoms with Crippen molar-refractivity contribution in [1.82, 2.24) is 4.90 Å². The smallest absolute Gasteiger partial charge is 0.293 e. The van der Waals surface area contributed by atoms with Gasteiger partial charge < -0.3 is 5.11 Å². The fourth-order valence-electron chi connectivity index (χ4n) is 2.91. The minimum Gasteiger partial charge on any atom is -0.507 e. The Morgan fingerprint density at radius 1 is 1.03 bits per heavy atom. The zero-order valence-electron chi connectivity index (χ0n) is 16.4. The molecule has 1 aliphatic rings. The van der Waals surface area contributed by atoms with Crippen molar-refractivity contribution in [1.29, 1.82) is 0 Å². The summed E-state index contributed by atoms with van der Waals surface area (Å²) in [4.78, 5) is 26.3. The Morgan fingerprint density at radius 2 is 1.78 bits per heavy atom. The van der Waals surface area contributed by atoms with Crippen LogP contribution in [0.3, 0.4) is 0 Å². The fraction of sp³-hybridized carbons (Fsp3) is 0.0435. The van der Waals surface area contributed by atoms with Crippen molar-refractivity contribution in [2.45, 2.75) is 6.54 Å². The number of carbonyl (C=O) groups is 2. The van der Waals surface area contributed by atoms with Crippen LogP contribution in [0.1, 0.15) is 11.1 Å². The van der Waals surface area contributed by atoms with Crippen LogP contribution in [0.25, 0.3) is 6.08 Å². The molecule has 0 unspecified atom stereocenters. The molecule has 2 amide bonds. The summed E-state index contributed by atoms with van der Waals surface area (Å²) >= 11 is 6.84. The van der Waals surface area contributed by atoms with Gasteiger partial charge in [-0.1, -0.05) is 35.9 Å². The molecule has 9 heteroatoms. The molecule has 1 fully saturated rings. The molecule has 32 heavy (non-hydrogen) atoms. The monoisotopic (exact) mass is 467 g/mol. The van der Waals surface area contributed by atoms with Gasteiger partial charge in [0.15, 0.2) is 0 Å². The van der Waals surface area contributed by atoms with Gasteiger partial charge in [0.2, 0.25) is 0 Å². The molecule has 1 saturated heterocycles. The number of imide groups is 1. The van der Waals surface area contributed by atoms with Gasteiger partial charge in [0.25, 0.3) is 11.1 Å². The zero-order valence-corrected chi connectivity index (χ0v) is 18.0. The second-order valence-corrected chi connectivity index (χ2v) is 8.19. The van der Waals surface area contributed by atoms with E-state index in [1.807, 2.05) is 0 Å². The van der Waals surface area contributed by atoms with Crippen molar-refractivity contribution in [2.75, 3.05) is 0 Å². The van der Waals surface area contributed by atoms with Crippen molar-refractivity contribution in [2.24, 2.45) is 10.2 Å². The summed E-state index contributed by atoms with van der Waals surface area (Å²) in [5, 5.41) is 18.4. The van der Waals surface area contributed by atoms with E-state index in [9.17, 15) is 19.1 Å². The molecule has 0 saturated carbocycles. The second kappa shape index (κ2) is 9.33. The highest BCUT2D eigenvalue weighted by atomic mass is 35.5. The number of benzene rings is 3. The van der Waals surface area contributed by atoms with Crippen LogP contribution >= 0.6 is 23.4 Å². The Balaban J connectivity index is 1.56. The Hall–Kier alpha value is -3.49. The lowest BCUT2D eigenvalue weighted by atomic mass is 10.1. The standard InChI is InChI=1S/C23H15ClFN3O3S/c24-18-3-1-2-4-19(18)27-26-17-9-10-20(29)15(11-17)12-21-22(30)28(23(31)32-21)13-14-5-7-16(25)8-6-14/h1-12,29H,13H2/b21-12-,27-26?. The number of amides is 2. The average molecular weight is 468 g/mol. The van der Waals surface area contributed by atoms with Gasteiger partial charge in [-0.15, -0.1) is 5.11 Å². The Bertz CT molecular complexity index is 1260. The first-order valence-electron chi connectivity index (χ1n) is 9.40. The number of hydrogen-bond acceptors (Lipinski definition) is 6. The van der Waals surface area contributed by atoms with Crippen LogP contribution in [0.2, 0.25) is 5.02 Å². The zero-order chi connectivity index (χ0) is 22.7. The van der Waals surface area contributed by atoms with E-state index in [-0.39, 0.29) is 17.2 Å². The number of thioether (sulfide) groups is 1. The topological polar surface area (TPSA) is 82.3 Å². The molecule has 0 bridgehead atoms. The van der Waals surface area contributed by atoms with Gasteiger partial charge in [-0.05, 0) is 65.9 Å². The van der Waals surface area contributed by atoms with Crippen LogP contribution in [0.5, 0.6) is 5.75 Å². The van der Waals surface area contributed by atoms with E-state index >= 15 is 0 Å². The highest BCUT2D eigenvalue weighted by Crippen LogP contribution is 2.36. The largest absolute Gasteiger partial charge is 0.507 e. The first-order valence-corrected chi connectivity index (χ1v) is 10.6. The number of rotatable bonds is 5. The fourth-order valence-corrected chi connectivity index (χ4v) is 3.92. The van der Waals surface area contributed by atoms with Crippen molar-refractivity contribution in [3.8, 4) is 5.75 Å². The lowest BCUT2D eigenvalue weighted by molar-refractivity contribution is -0.123. The number of aromatic hydroxyl groups is 1. The minimum absolute atomic E-state index is 0.0281. The molecule has 1 heterocycles. The van der Waals surface area contributed by atoms with Gasteiger partial charge in [0.05, 0.1) is 22.2 Å². The summed E-state index contributed by atoms with van der Waals surface area (Å²) in [5.74, 6) is -0.969. The van der Waals surface area contributed by atoms with Crippen LogP contribution < -0.4 is 0 Å². The van der Waals surface area contributed by atoms with Gasteiger partial charge in [0.1, 0.15) is 17.3 Å². The molecule has 1 N–H and O–H groups in total. The predicted molar refractivity (Wildman–Crippen MR) is 122 cm³/mol. The number of hydrogen-bond donors (Lipinski definition) is 1. The van der Waals surface area contributed by atoms with Gasteiger partial charge in [0, 0.05) is 5.56 Å². The van der Waals surface area contributed by atoms with Crippen molar-refractivity contribution < 1.29 is 19.1 Å². The van der Waals surface area contributed by atoms with Crippen LogP contribution in [-0.2, 0) is 11.3 Å². The summed E-state index contributed by atoms with van der Waals surface area (Å²) in [6.45, 7) is 0.0281. The molecule has 0 aliphatic carbocycles. The maximum atomic E-state index is 13.1. The summed E-state index contributed by atoms with van der Waals surface area (Å²) in [6.07, 6.45) is 1.43. The van der Waals surface area contributed by atoms with E-state index in [0.717, 1.165) is 16.7 Å². The lowest BCUT2D eigenvalue weighted by Gasteiger charge is -2.12. The summed E-state index contributed by atoms with van der Waals surface area (Å²) in [6, 6.07) is 17.1. The number of phenols is 1. The molecule has 4 rings (SSSR count). The van der Waals surface area contributed by atoms with Crippen molar-refractivity contribution in [3.63, 3.8) is 0 Å². The molecule has 6 nitrogen and oxygen atoms in total. The molecular weight excluding hydrogens is 453 g/mol. The van der Waals surface area contributed by atoms with E-state index in [1.165, 1.54) is 36.4 Å². The molecule has 1 aliphatic heterocycles. The number of carbonyl (C=O) groups excluding carboxylic acids is 2. The normalized spacial score (nSPS) is 15.3. The first-order chi connectivity index (χ1) is 15.4. The van der Waals surface area contributed by atoms with Crippen LogP contribution in [0.15, 0.2) is 81.9 Å². The third kappa shape index (κ3) is 4.87. The average Bonchev–Trinajstić information content (AvgIpc) is 3.04. The van der Waals surface area contributed by atoms with Gasteiger partial charge >= 0.3 is 0 Å². The lowest BCUT2D eigenvalue weighted by Crippen LogP contribution is -2.27. The number of nitrogens with zero attached hydrogens (tertiary/aromatic N) is 3. The summed E-state index contributed by atoms with van der Waals surface area (Å²) in [7, 11) is 0. The van der Waals surface area contributed by atoms with Crippen LogP contribution in [0.4, 0.5) is 20.6 Å². The molecule has 0 atom stereocenters. The number of halogens is 2. The number of phenolic OH excluding ortho intramolecular Hbond substituents is 1. The van der Waals surface area contributed by atoms with Gasteiger partial charge in [-0.3, -0.25) is 14.5 Å².